The van der Waals surface area contributed by atoms with Crippen LogP contribution in [0.25, 0.3) is 0 Å². The first-order valence-corrected chi connectivity index (χ1v) is 5.95. The van der Waals surface area contributed by atoms with E-state index in [0.717, 1.165) is 18.5 Å². The molecule has 0 atom stereocenters. The summed E-state index contributed by atoms with van der Waals surface area (Å²) in [6, 6.07) is 0. The number of hydrogen-bond acceptors (Lipinski definition) is 5. The van der Waals surface area contributed by atoms with Crippen molar-refractivity contribution in [3.8, 4) is 0 Å². The van der Waals surface area contributed by atoms with Crippen molar-refractivity contribution in [2.75, 3.05) is 11.9 Å². The van der Waals surface area contributed by atoms with E-state index in [1.165, 1.54) is 19.3 Å². The molecule has 0 amide bonds. The summed E-state index contributed by atoms with van der Waals surface area (Å²) in [7, 11) is 0. The predicted octanol–water partition coefficient (Wildman–Crippen LogP) is 2.64. The minimum atomic E-state index is -0.512. The van der Waals surface area contributed by atoms with Crippen LogP contribution < -0.4 is 5.32 Å². The van der Waals surface area contributed by atoms with Crippen LogP contribution in [0.2, 0.25) is 5.28 Å². The fraction of sp³-hybridized carbons (Fsp3) is 0.600. The van der Waals surface area contributed by atoms with Crippen LogP contribution in [0.5, 0.6) is 0 Å². The first-order chi connectivity index (χ1) is 8.16. The fourth-order valence-corrected chi connectivity index (χ4v) is 1.93. The molecule has 0 radical (unpaired) electrons. The smallest absolute Gasteiger partial charge is 0.329 e. The van der Waals surface area contributed by atoms with Gasteiger partial charge in [0.2, 0.25) is 11.1 Å². The van der Waals surface area contributed by atoms with Crippen LogP contribution in [0.15, 0.2) is 6.20 Å². The summed E-state index contributed by atoms with van der Waals surface area (Å²) in [6.45, 7) is 0.679. The molecular weight excluding hydrogens is 244 g/mol. The van der Waals surface area contributed by atoms with Gasteiger partial charge in [0, 0.05) is 6.54 Å². The molecule has 0 spiro atoms. The van der Waals surface area contributed by atoms with Crippen molar-refractivity contribution in [3.05, 3.63) is 21.6 Å². The second-order valence-electron chi connectivity index (χ2n) is 4.14. The van der Waals surface area contributed by atoms with Crippen LogP contribution >= 0.6 is 11.6 Å². The van der Waals surface area contributed by atoms with Crippen LogP contribution in [0.4, 0.5) is 11.5 Å². The Bertz CT molecular complexity index is 423. The molecule has 0 bridgehead atoms. The zero-order valence-electron chi connectivity index (χ0n) is 9.23. The number of nitrogens with zero attached hydrogens (tertiary/aromatic N) is 3. The van der Waals surface area contributed by atoms with Crippen molar-refractivity contribution in [1.82, 2.24) is 9.97 Å². The minimum absolute atomic E-state index is 0.0155. The molecule has 7 heteroatoms. The summed E-state index contributed by atoms with van der Waals surface area (Å²) in [5.74, 6) is 0.952. The Morgan fingerprint density at radius 2 is 2.35 bits per heavy atom. The molecule has 1 fully saturated rings. The van der Waals surface area contributed by atoms with E-state index in [0.29, 0.717) is 6.54 Å². The molecule has 1 saturated carbocycles. The molecule has 2 rings (SSSR count). The average Bonchev–Trinajstić information content (AvgIpc) is 2.21. The first kappa shape index (κ1) is 12.0. The molecule has 1 N–H and O–H groups in total. The standard InChI is InChI=1S/C10H13ClN4O2/c11-10-13-6-8(15(16)17)9(14-10)12-5-4-7-2-1-3-7/h6-7H,1-5H2,(H,12,13,14). The Hall–Kier alpha value is -1.43. The van der Waals surface area contributed by atoms with Gasteiger partial charge in [-0.3, -0.25) is 10.1 Å². The van der Waals surface area contributed by atoms with E-state index < -0.39 is 4.92 Å². The average molecular weight is 257 g/mol. The van der Waals surface area contributed by atoms with Gasteiger partial charge in [-0.25, -0.2) is 4.98 Å². The molecule has 0 aliphatic heterocycles. The van der Waals surface area contributed by atoms with Crippen molar-refractivity contribution < 1.29 is 4.92 Å². The van der Waals surface area contributed by atoms with Gasteiger partial charge in [-0.05, 0) is 23.9 Å². The molecule has 1 aromatic heterocycles. The number of rotatable bonds is 5. The van der Waals surface area contributed by atoms with E-state index >= 15 is 0 Å². The highest BCUT2D eigenvalue weighted by atomic mass is 35.5. The summed E-state index contributed by atoms with van der Waals surface area (Å²) in [5.41, 5.74) is -0.136. The van der Waals surface area contributed by atoms with Gasteiger partial charge in [0.25, 0.3) is 0 Å². The third-order valence-corrected chi connectivity index (χ3v) is 3.19. The maximum atomic E-state index is 10.7. The minimum Gasteiger partial charge on any atom is -0.364 e. The van der Waals surface area contributed by atoms with Crippen LogP contribution in [0, 0.1) is 16.0 Å². The van der Waals surface area contributed by atoms with E-state index in [4.69, 9.17) is 11.6 Å². The van der Waals surface area contributed by atoms with Gasteiger partial charge in [0.05, 0.1) is 4.92 Å². The van der Waals surface area contributed by atoms with Gasteiger partial charge in [0.1, 0.15) is 6.20 Å². The zero-order chi connectivity index (χ0) is 12.3. The number of nitro groups is 1. The van der Waals surface area contributed by atoms with E-state index in [1.807, 2.05) is 0 Å². The summed E-state index contributed by atoms with van der Waals surface area (Å²) in [4.78, 5) is 17.7. The summed E-state index contributed by atoms with van der Waals surface area (Å²) < 4.78 is 0. The largest absolute Gasteiger partial charge is 0.364 e. The van der Waals surface area contributed by atoms with Gasteiger partial charge in [-0.2, -0.15) is 4.98 Å². The molecule has 1 aromatic rings. The normalized spacial score (nSPS) is 15.4. The van der Waals surface area contributed by atoms with Crippen molar-refractivity contribution in [3.63, 3.8) is 0 Å². The van der Waals surface area contributed by atoms with E-state index in [2.05, 4.69) is 15.3 Å². The lowest BCUT2D eigenvalue weighted by Gasteiger charge is -2.25. The van der Waals surface area contributed by atoms with Gasteiger partial charge in [-0.1, -0.05) is 19.3 Å². The van der Waals surface area contributed by atoms with Crippen molar-refractivity contribution in [2.45, 2.75) is 25.7 Å². The molecular formula is C10H13ClN4O2. The van der Waals surface area contributed by atoms with Gasteiger partial charge >= 0.3 is 5.69 Å². The van der Waals surface area contributed by atoms with Gasteiger partial charge < -0.3 is 5.32 Å². The highest BCUT2D eigenvalue weighted by Gasteiger charge is 2.19. The molecule has 0 saturated heterocycles. The fourth-order valence-electron chi connectivity index (χ4n) is 1.79. The van der Waals surface area contributed by atoms with E-state index in [9.17, 15) is 10.1 Å². The van der Waals surface area contributed by atoms with Crippen molar-refractivity contribution >= 4 is 23.1 Å². The van der Waals surface area contributed by atoms with Crippen molar-refractivity contribution in [1.29, 1.82) is 0 Å². The SMILES string of the molecule is O=[N+]([O-])c1cnc(Cl)nc1NCCC1CCC1. The Morgan fingerprint density at radius 1 is 1.59 bits per heavy atom. The molecule has 6 nitrogen and oxygen atoms in total. The van der Waals surface area contributed by atoms with Crippen molar-refractivity contribution in [2.24, 2.45) is 5.92 Å². The van der Waals surface area contributed by atoms with Gasteiger partial charge in [0.15, 0.2) is 0 Å². The second kappa shape index (κ2) is 5.27. The number of halogens is 1. The topological polar surface area (TPSA) is 81.0 Å². The molecule has 1 heterocycles. The first-order valence-electron chi connectivity index (χ1n) is 5.57. The van der Waals surface area contributed by atoms with Crippen LogP contribution in [0.1, 0.15) is 25.7 Å². The third-order valence-electron chi connectivity index (χ3n) is 3.01. The monoisotopic (exact) mass is 256 g/mol. The molecule has 0 aromatic carbocycles. The molecule has 0 unspecified atom stereocenters. The lowest BCUT2D eigenvalue weighted by molar-refractivity contribution is -0.384. The predicted molar refractivity (Wildman–Crippen MR) is 64.1 cm³/mol. The molecule has 1 aliphatic carbocycles. The molecule has 92 valence electrons. The lowest BCUT2D eigenvalue weighted by Crippen LogP contribution is -2.16. The number of anilines is 1. The maximum absolute atomic E-state index is 10.7. The highest BCUT2D eigenvalue weighted by molar-refractivity contribution is 6.28. The Labute approximate surface area is 104 Å². The third kappa shape index (κ3) is 3.03. The van der Waals surface area contributed by atoms with Gasteiger partial charge in [-0.15, -0.1) is 0 Å². The summed E-state index contributed by atoms with van der Waals surface area (Å²) >= 11 is 5.62. The van der Waals surface area contributed by atoms with Crippen LogP contribution in [-0.4, -0.2) is 21.4 Å². The van der Waals surface area contributed by atoms with E-state index in [1.54, 1.807) is 0 Å². The Kier molecular flexibility index (Phi) is 3.73. The Balaban J connectivity index is 1.97. The Morgan fingerprint density at radius 3 is 2.94 bits per heavy atom. The number of aromatic nitrogens is 2. The number of hydrogen-bond donors (Lipinski definition) is 1. The zero-order valence-corrected chi connectivity index (χ0v) is 9.98. The maximum Gasteiger partial charge on any atom is 0.329 e. The molecule has 1 aliphatic rings. The second-order valence-corrected chi connectivity index (χ2v) is 4.48. The van der Waals surface area contributed by atoms with Crippen LogP contribution in [0.3, 0.4) is 0 Å². The van der Waals surface area contributed by atoms with E-state index in [-0.39, 0.29) is 16.8 Å². The van der Waals surface area contributed by atoms with Crippen LogP contribution in [-0.2, 0) is 0 Å². The summed E-state index contributed by atoms with van der Waals surface area (Å²) in [5, 5.41) is 13.7. The number of nitrogens with one attached hydrogen (secondary N) is 1. The molecule has 17 heavy (non-hydrogen) atoms. The quantitative estimate of drug-likeness (QED) is 0.498. The summed E-state index contributed by atoms with van der Waals surface area (Å²) in [6.07, 6.45) is 5.95. The lowest BCUT2D eigenvalue weighted by atomic mass is 9.83. The highest BCUT2D eigenvalue weighted by Crippen LogP contribution is 2.29.